The molecule has 1 atom stereocenters. The second kappa shape index (κ2) is 9.60. The maximum atomic E-state index is 12.7. The number of amides is 1. The largest absolute Gasteiger partial charge is 0.467 e. The van der Waals surface area contributed by atoms with Crippen LogP contribution in [0.1, 0.15) is 21.8 Å². The molecular weight excluding hydrogens is 415 g/mol. The molecule has 0 radical (unpaired) electrons. The number of methoxy groups -OCH3 is 1. The lowest BCUT2D eigenvalue weighted by molar-refractivity contribution is -0.142. The Bertz CT molecular complexity index is 791. The molecule has 0 aliphatic heterocycles. The van der Waals surface area contributed by atoms with E-state index in [-0.39, 0.29) is 5.91 Å². The number of aryl methyl sites for hydroxylation is 1. The Morgan fingerprint density at radius 2 is 2.00 bits per heavy atom. The summed E-state index contributed by atoms with van der Waals surface area (Å²) in [5, 5.41) is 4.22. The number of nitrogens with zero attached hydrogens (tertiary/aromatic N) is 1. The molecule has 5 nitrogen and oxygen atoms in total. The van der Waals surface area contributed by atoms with Gasteiger partial charge < -0.3 is 10.1 Å². The summed E-state index contributed by atoms with van der Waals surface area (Å²) in [6.07, 6.45) is 2.42. The van der Waals surface area contributed by atoms with Crippen LogP contribution in [0.5, 0.6) is 0 Å². The Labute approximate surface area is 170 Å². The van der Waals surface area contributed by atoms with Crippen LogP contribution in [0.2, 0.25) is 10.0 Å². The Morgan fingerprint density at radius 3 is 2.58 bits per heavy atom. The number of ether oxygens (including phenoxy) is 1. The average Bonchev–Trinajstić information content (AvgIpc) is 2.99. The fraction of sp³-hybridized carbons (Fsp3) is 0.353. The van der Waals surface area contributed by atoms with Crippen LogP contribution < -0.4 is 5.32 Å². The number of thioether (sulfide) groups is 1. The average molecular weight is 433 g/mol. The highest BCUT2D eigenvalue weighted by atomic mass is 35.5. The zero-order valence-electron chi connectivity index (χ0n) is 14.5. The van der Waals surface area contributed by atoms with E-state index in [1.165, 1.54) is 18.4 Å². The molecule has 0 aliphatic carbocycles. The summed E-state index contributed by atoms with van der Waals surface area (Å²) in [7, 11) is 1.30. The van der Waals surface area contributed by atoms with Gasteiger partial charge in [-0.1, -0.05) is 29.3 Å². The van der Waals surface area contributed by atoms with E-state index in [1.54, 1.807) is 36.9 Å². The molecule has 0 aliphatic rings. The van der Waals surface area contributed by atoms with Crippen molar-refractivity contribution in [3.8, 4) is 10.6 Å². The normalized spacial score (nSPS) is 11.9. The number of aromatic nitrogens is 1. The minimum absolute atomic E-state index is 0.370. The molecule has 2 rings (SSSR count). The molecule has 1 amide bonds. The summed E-state index contributed by atoms with van der Waals surface area (Å²) in [6.45, 7) is 1.73. The molecule has 0 saturated heterocycles. The number of halogens is 2. The number of carbonyl (C=O) groups is 2. The fourth-order valence-corrected chi connectivity index (χ4v) is 4.47. The zero-order valence-corrected chi connectivity index (χ0v) is 17.6. The molecule has 0 unspecified atom stereocenters. The molecule has 1 aromatic carbocycles. The Kier molecular flexibility index (Phi) is 7.76. The lowest BCUT2D eigenvalue weighted by Gasteiger charge is -2.15. The van der Waals surface area contributed by atoms with Crippen LogP contribution in [0.15, 0.2) is 18.2 Å². The third kappa shape index (κ3) is 4.91. The van der Waals surface area contributed by atoms with Crippen molar-refractivity contribution in [2.45, 2.75) is 19.4 Å². The van der Waals surface area contributed by atoms with E-state index in [0.717, 1.165) is 5.75 Å². The summed E-state index contributed by atoms with van der Waals surface area (Å²) in [5.74, 6) is -0.114. The number of esters is 1. The zero-order chi connectivity index (χ0) is 19.3. The molecule has 1 heterocycles. The summed E-state index contributed by atoms with van der Waals surface area (Å²) < 4.78 is 4.77. The first-order chi connectivity index (χ1) is 12.4. The smallest absolute Gasteiger partial charge is 0.328 e. The van der Waals surface area contributed by atoms with Gasteiger partial charge in [-0.2, -0.15) is 11.8 Å². The van der Waals surface area contributed by atoms with Crippen molar-refractivity contribution in [2.75, 3.05) is 19.1 Å². The number of carbonyl (C=O) groups excluding carboxylic acids is 2. The number of hydrogen-bond acceptors (Lipinski definition) is 6. The highest BCUT2D eigenvalue weighted by Crippen LogP contribution is 2.37. The molecule has 1 N–H and O–H groups in total. The van der Waals surface area contributed by atoms with Crippen LogP contribution in [0, 0.1) is 6.92 Å². The SMILES string of the molecule is COC(=O)[C@H](CCSC)NC(=O)c1sc(-c2c(Cl)cccc2Cl)nc1C. The molecular formula is C17H18Cl2N2O3S2. The molecule has 9 heteroatoms. The Balaban J connectivity index is 2.27. The monoisotopic (exact) mass is 432 g/mol. The van der Waals surface area contributed by atoms with Crippen LogP contribution in [-0.4, -0.2) is 42.0 Å². The Hall–Kier alpha value is -1.28. The van der Waals surface area contributed by atoms with E-state index < -0.39 is 12.0 Å². The van der Waals surface area contributed by atoms with Gasteiger partial charge in [0.1, 0.15) is 15.9 Å². The maximum Gasteiger partial charge on any atom is 0.328 e. The first-order valence-corrected chi connectivity index (χ1v) is 10.6. The lowest BCUT2D eigenvalue weighted by Crippen LogP contribution is -2.41. The lowest BCUT2D eigenvalue weighted by atomic mass is 10.2. The minimum atomic E-state index is -0.700. The van der Waals surface area contributed by atoms with Crippen LogP contribution >= 0.6 is 46.3 Å². The molecule has 0 spiro atoms. The topological polar surface area (TPSA) is 68.3 Å². The molecule has 0 saturated carbocycles. The summed E-state index contributed by atoms with van der Waals surface area (Å²) in [6, 6.07) is 4.48. The van der Waals surface area contributed by atoms with Gasteiger partial charge in [0.2, 0.25) is 0 Å². The predicted molar refractivity (Wildman–Crippen MR) is 109 cm³/mol. The number of benzene rings is 1. The van der Waals surface area contributed by atoms with Crippen molar-refractivity contribution in [2.24, 2.45) is 0 Å². The van der Waals surface area contributed by atoms with Crippen molar-refractivity contribution in [3.05, 3.63) is 38.8 Å². The molecule has 26 heavy (non-hydrogen) atoms. The van der Waals surface area contributed by atoms with Crippen LogP contribution in [0.4, 0.5) is 0 Å². The third-order valence-electron chi connectivity index (χ3n) is 3.58. The minimum Gasteiger partial charge on any atom is -0.467 e. The van der Waals surface area contributed by atoms with Crippen molar-refractivity contribution in [1.29, 1.82) is 0 Å². The predicted octanol–water partition coefficient (Wildman–Crippen LogP) is 4.45. The van der Waals surface area contributed by atoms with Gasteiger partial charge in [-0.05, 0) is 37.5 Å². The number of nitrogens with one attached hydrogen (secondary N) is 1. The summed E-state index contributed by atoms with van der Waals surface area (Å²) in [5.41, 5.74) is 1.14. The standard InChI is InChI=1S/C17H18Cl2N2O3S2/c1-9-14(15(22)21-12(7-8-25-3)17(23)24-2)26-16(20-9)13-10(18)5-4-6-11(13)19/h4-6,12H,7-8H2,1-3H3,(H,21,22)/t12-/m0/s1. The van der Waals surface area contributed by atoms with Gasteiger partial charge in [0, 0.05) is 5.56 Å². The van der Waals surface area contributed by atoms with Crippen molar-refractivity contribution >= 4 is 58.2 Å². The molecule has 140 valence electrons. The van der Waals surface area contributed by atoms with Crippen molar-refractivity contribution in [1.82, 2.24) is 10.3 Å². The van der Waals surface area contributed by atoms with E-state index in [2.05, 4.69) is 10.3 Å². The van der Waals surface area contributed by atoms with Gasteiger partial charge in [0.15, 0.2) is 0 Å². The fourth-order valence-electron chi connectivity index (χ4n) is 2.27. The maximum absolute atomic E-state index is 12.7. The highest BCUT2D eigenvalue weighted by Gasteiger charge is 2.25. The van der Waals surface area contributed by atoms with Crippen LogP contribution in [0.25, 0.3) is 10.6 Å². The van der Waals surface area contributed by atoms with E-state index in [9.17, 15) is 9.59 Å². The molecule has 1 aromatic heterocycles. The summed E-state index contributed by atoms with van der Waals surface area (Å²) >= 11 is 15.2. The van der Waals surface area contributed by atoms with Gasteiger partial charge in [0.05, 0.1) is 22.8 Å². The quantitative estimate of drug-likeness (QED) is 0.654. The first kappa shape index (κ1) is 21.0. The van der Waals surface area contributed by atoms with Crippen molar-refractivity contribution < 1.29 is 14.3 Å². The molecule has 0 bridgehead atoms. The van der Waals surface area contributed by atoms with E-state index in [4.69, 9.17) is 27.9 Å². The van der Waals surface area contributed by atoms with E-state index >= 15 is 0 Å². The van der Waals surface area contributed by atoms with E-state index in [0.29, 0.717) is 37.6 Å². The number of thiazole rings is 1. The number of hydrogen-bond donors (Lipinski definition) is 1. The van der Waals surface area contributed by atoms with Crippen LogP contribution in [0.3, 0.4) is 0 Å². The molecule has 0 fully saturated rings. The second-order valence-corrected chi connectivity index (χ2v) is 8.16. The van der Waals surface area contributed by atoms with Gasteiger partial charge in [-0.25, -0.2) is 9.78 Å². The van der Waals surface area contributed by atoms with E-state index in [1.807, 2.05) is 6.26 Å². The van der Waals surface area contributed by atoms with Gasteiger partial charge >= 0.3 is 5.97 Å². The van der Waals surface area contributed by atoms with Crippen LogP contribution in [-0.2, 0) is 9.53 Å². The summed E-state index contributed by atoms with van der Waals surface area (Å²) in [4.78, 5) is 29.4. The van der Waals surface area contributed by atoms with Gasteiger partial charge in [0.25, 0.3) is 5.91 Å². The Morgan fingerprint density at radius 1 is 1.35 bits per heavy atom. The van der Waals surface area contributed by atoms with Gasteiger partial charge in [-0.3, -0.25) is 4.79 Å². The first-order valence-electron chi connectivity index (χ1n) is 7.68. The third-order valence-corrected chi connectivity index (χ3v) is 6.03. The highest BCUT2D eigenvalue weighted by molar-refractivity contribution is 7.98. The van der Waals surface area contributed by atoms with Crippen molar-refractivity contribution in [3.63, 3.8) is 0 Å². The number of rotatable bonds is 7. The molecule has 2 aromatic rings. The van der Waals surface area contributed by atoms with Gasteiger partial charge in [-0.15, -0.1) is 11.3 Å². The second-order valence-electron chi connectivity index (χ2n) is 5.36.